The van der Waals surface area contributed by atoms with E-state index >= 15 is 0 Å². The van der Waals surface area contributed by atoms with Crippen LogP contribution in [0.4, 0.5) is 5.69 Å². The predicted octanol–water partition coefficient (Wildman–Crippen LogP) is 1.84. The fraction of sp³-hybridized carbons (Fsp3) is 0.176. The van der Waals surface area contributed by atoms with Crippen molar-refractivity contribution >= 4 is 28.2 Å². The van der Waals surface area contributed by atoms with E-state index in [9.17, 15) is 9.59 Å². The van der Waals surface area contributed by atoms with Gasteiger partial charge in [-0.05, 0) is 12.1 Å². The lowest BCUT2D eigenvalue weighted by Crippen LogP contribution is -2.32. The van der Waals surface area contributed by atoms with Crippen LogP contribution in [0.25, 0.3) is 16.6 Å². The summed E-state index contributed by atoms with van der Waals surface area (Å²) >= 11 is 0. The summed E-state index contributed by atoms with van der Waals surface area (Å²) in [5, 5.41) is 7.08. The molecule has 1 N–H and O–H groups in total. The molecule has 4 heterocycles. The number of furan rings is 1. The largest absolute Gasteiger partial charge is 0.463 e. The van der Waals surface area contributed by atoms with Crippen LogP contribution in [0, 0.1) is 0 Å². The van der Waals surface area contributed by atoms with Crippen molar-refractivity contribution in [3.8, 4) is 0 Å². The number of nitrogens with zero attached hydrogens (tertiary/aromatic N) is 4. The summed E-state index contributed by atoms with van der Waals surface area (Å²) in [6, 6.07) is 6.82. The van der Waals surface area contributed by atoms with Gasteiger partial charge in [-0.2, -0.15) is 5.10 Å². The van der Waals surface area contributed by atoms with Crippen LogP contribution in [-0.2, 0) is 17.8 Å². The lowest BCUT2D eigenvalue weighted by molar-refractivity contribution is -0.117. The van der Waals surface area contributed by atoms with Gasteiger partial charge in [0, 0.05) is 36.6 Å². The summed E-state index contributed by atoms with van der Waals surface area (Å²) in [6.45, 7) is 1.77. The van der Waals surface area contributed by atoms with E-state index < -0.39 is 0 Å². The Balaban J connectivity index is 1.73. The molecule has 1 amide bonds. The maximum atomic E-state index is 12.7. The molecule has 0 fully saturated rings. The van der Waals surface area contributed by atoms with E-state index in [4.69, 9.17) is 4.42 Å². The van der Waals surface area contributed by atoms with Crippen LogP contribution in [0.5, 0.6) is 0 Å². The molecule has 0 unspecified atom stereocenters. The Labute approximate surface area is 141 Å². The zero-order valence-electron chi connectivity index (χ0n) is 13.5. The van der Waals surface area contributed by atoms with Crippen molar-refractivity contribution < 1.29 is 9.21 Å². The van der Waals surface area contributed by atoms with Crippen LogP contribution in [0.1, 0.15) is 12.7 Å². The lowest BCUT2D eigenvalue weighted by atomic mass is 10.4. The Morgan fingerprint density at radius 3 is 2.80 bits per heavy atom. The number of nitrogens with one attached hydrogen (secondary N) is 1. The van der Waals surface area contributed by atoms with Crippen LogP contribution in [-0.4, -0.2) is 25.1 Å². The molecule has 25 heavy (non-hydrogen) atoms. The van der Waals surface area contributed by atoms with E-state index in [1.165, 1.54) is 4.68 Å². The highest BCUT2D eigenvalue weighted by atomic mass is 16.3. The van der Waals surface area contributed by atoms with Crippen LogP contribution in [0.2, 0.25) is 0 Å². The van der Waals surface area contributed by atoms with Crippen molar-refractivity contribution in [2.45, 2.75) is 19.9 Å². The molecule has 8 heteroatoms. The molecule has 0 aromatic carbocycles. The van der Waals surface area contributed by atoms with E-state index in [-0.39, 0.29) is 18.0 Å². The second-order valence-corrected chi connectivity index (χ2v) is 5.55. The molecule has 4 rings (SSSR count). The van der Waals surface area contributed by atoms with Gasteiger partial charge in [-0.1, -0.05) is 6.92 Å². The molecule has 0 spiro atoms. The quantitative estimate of drug-likeness (QED) is 0.613. The van der Waals surface area contributed by atoms with Gasteiger partial charge >= 0.3 is 0 Å². The van der Waals surface area contributed by atoms with Crippen molar-refractivity contribution in [2.75, 3.05) is 5.32 Å². The smallest absolute Gasteiger partial charge is 0.291 e. The molecule has 0 saturated carbocycles. The number of rotatable bonds is 4. The first-order chi connectivity index (χ1) is 12.2. The van der Waals surface area contributed by atoms with Gasteiger partial charge in [0.2, 0.25) is 5.91 Å². The van der Waals surface area contributed by atoms with Crippen LogP contribution < -0.4 is 10.9 Å². The minimum absolute atomic E-state index is 0.169. The lowest BCUT2D eigenvalue weighted by Gasteiger charge is -2.10. The number of carbonyl (C=O) groups is 1. The van der Waals surface area contributed by atoms with Crippen molar-refractivity contribution in [3.63, 3.8) is 0 Å². The molecular weight excluding hydrogens is 322 g/mol. The molecule has 0 aliphatic heterocycles. The Bertz CT molecular complexity index is 1120. The highest BCUT2D eigenvalue weighted by Gasteiger charge is 2.16. The summed E-state index contributed by atoms with van der Waals surface area (Å²) in [4.78, 5) is 28.8. The molecule has 0 saturated heterocycles. The van der Waals surface area contributed by atoms with Gasteiger partial charge in [0.05, 0.1) is 11.8 Å². The van der Waals surface area contributed by atoms with E-state index in [2.05, 4.69) is 15.4 Å². The van der Waals surface area contributed by atoms with Gasteiger partial charge in [-0.3, -0.25) is 19.0 Å². The second-order valence-electron chi connectivity index (χ2n) is 5.55. The van der Waals surface area contributed by atoms with E-state index in [1.807, 2.05) is 6.92 Å². The highest BCUT2D eigenvalue weighted by Crippen LogP contribution is 2.20. The number of carbonyl (C=O) groups excluding carboxylic acids is 1. The first-order valence-corrected chi connectivity index (χ1v) is 7.86. The standard InChI is InChI=1S/C17H15N5O3/c1-2-15-20-21(10-16(23)19-11-3-6-18-7-4-11)17(24)13-9-14-12(22(13)15)5-8-25-14/h3-9H,2,10H2,1H3,(H,18,19,23). The normalized spacial score (nSPS) is 11.2. The van der Waals surface area contributed by atoms with E-state index in [1.54, 1.807) is 47.3 Å². The number of fused-ring (bicyclic) bond motifs is 3. The van der Waals surface area contributed by atoms with Crippen molar-refractivity contribution in [1.82, 2.24) is 19.2 Å². The molecule has 0 radical (unpaired) electrons. The predicted molar refractivity (Wildman–Crippen MR) is 91.5 cm³/mol. The summed E-state index contributed by atoms with van der Waals surface area (Å²) < 4.78 is 8.34. The number of hydrogen-bond donors (Lipinski definition) is 1. The highest BCUT2D eigenvalue weighted by molar-refractivity contribution is 5.90. The fourth-order valence-electron chi connectivity index (χ4n) is 2.83. The Morgan fingerprint density at radius 1 is 1.24 bits per heavy atom. The molecule has 4 aromatic rings. The molecule has 126 valence electrons. The Hall–Kier alpha value is -3.42. The number of aromatic nitrogens is 4. The topological polar surface area (TPSA) is 94.4 Å². The summed E-state index contributed by atoms with van der Waals surface area (Å²) in [5.74, 6) is 0.352. The first-order valence-electron chi connectivity index (χ1n) is 7.86. The first kappa shape index (κ1) is 15.1. The van der Waals surface area contributed by atoms with Gasteiger partial charge in [0.15, 0.2) is 5.58 Å². The van der Waals surface area contributed by atoms with Gasteiger partial charge in [-0.15, -0.1) is 0 Å². The number of hydrogen-bond acceptors (Lipinski definition) is 5. The third-order valence-corrected chi connectivity index (χ3v) is 3.94. The third kappa shape index (κ3) is 2.57. The minimum atomic E-state index is -0.339. The van der Waals surface area contributed by atoms with Crippen LogP contribution >= 0.6 is 0 Å². The van der Waals surface area contributed by atoms with Gasteiger partial charge in [0.1, 0.15) is 17.9 Å². The number of anilines is 1. The molecule has 0 aliphatic rings. The van der Waals surface area contributed by atoms with Crippen LogP contribution in [0.15, 0.2) is 52.1 Å². The van der Waals surface area contributed by atoms with Crippen LogP contribution in [0.3, 0.4) is 0 Å². The Morgan fingerprint density at radius 2 is 2.04 bits per heavy atom. The minimum Gasteiger partial charge on any atom is -0.463 e. The SMILES string of the molecule is CCc1nn(CC(=O)Nc2ccncc2)c(=O)c2cc3occc3n12. The molecule has 8 nitrogen and oxygen atoms in total. The average Bonchev–Trinajstić information content (AvgIpc) is 3.20. The second kappa shape index (κ2) is 5.90. The molecule has 4 aromatic heterocycles. The van der Waals surface area contributed by atoms with Gasteiger partial charge in [-0.25, -0.2) is 4.68 Å². The maximum absolute atomic E-state index is 12.7. The molecule has 0 atom stereocenters. The van der Waals surface area contributed by atoms with Gasteiger partial charge in [0.25, 0.3) is 5.56 Å². The number of pyridine rings is 1. The maximum Gasteiger partial charge on any atom is 0.291 e. The Kier molecular flexibility index (Phi) is 3.57. The average molecular weight is 337 g/mol. The fourth-order valence-corrected chi connectivity index (χ4v) is 2.83. The van der Waals surface area contributed by atoms with Crippen molar-refractivity contribution in [3.05, 3.63) is 59.1 Å². The summed E-state index contributed by atoms with van der Waals surface area (Å²) in [7, 11) is 0. The van der Waals surface area contributed by atoms with Crippen molar-refractivity contribution in [1.29, 1.82) is 0 Å². The van der Waals surface area contributed by atoms with E-state index in [0.29, 0.717) is 29.0 Å². The molecular formula is C17H15N5O3. The monoisotopic (exact) mass is 337 g/mol. The third-order valence-electron chi connectivity index (χ3n) is 3.94. The number of aryl methyl sites for hydroxylation is 1. The summed E-state index contributed by atoms with van der Waals surface area (Å²) in [6.07, 6.45) is 5.34. The van der Waals surface area contributed by atoms with Gasteiger partial charge < -0.3 is 9.73 Å². The molecule has 0 aliphatic carbocycles. The zero-order chi connectivity index (χ0) is 17.4. The van der Waals surface area contributed by atoms with Crippen molar-refractivity contribution in [2.24, 2.45) is 0 Å². The number of amides is 1. The molecule has 0 bridgehead atoms. The van der Waals surface area contributed by atoms with E-state index in [0.717, 1.165) is 5.52 Å². The summed E-state index contributed by atoms with van der Waals surface area (Å²) in [5.41, 5.74) is 2.13. The zero-order valence-corrected chi connectivity index (χ0v) is 13.5.